The van der Waals surface area contributed by atoms with Crippen LogP contribution in [0.5, 0.6) is 0 Å². The van der Waals surface area contributed by atoms with Crippen molar-refractivity contribution in [1.82, 2.24) is 0 Å². The van der Waals surface area contributed by atoms with E-state index in [0.29, 0.717) is 0 Å². The molecule has 5 heteroatoms. The molecule has 0 saturated heterocycles. The van der Waals surface area contributed by atoms with Gasteiger partial charge in [0.25, 0.3) is 0 Å². The van der Waals surface area contributed by atoms with E-state index in [2.05, 4.69) is 0 Å². The van der Waals surface area contributed by atoms with Crippen molar-refractivity contribution in [3.63, 3.8) is 0 Å². The summed E-state index contributed by atoms with van der Waals surface area (Å²) in [7, 11) is -4.15. The minimum absolute atomic E-state index is 0.135. The van der Waals surface area contributed by atoms with Crippen LogP contribution in [0.1, 0.15) is 0 Å². The van der Waals surface area contributed by atoms with Gasteiger partial charge in [-0.2, -0.15) is 0 Å². The number of hydrogen-bond donors (Lipinski definition) is 0. The van der Waals surface area contributed by atoms with Gasteiger partial charge in [0, 0.05) is 0 Å². The fourth-order valence-corrected chi connectivity index (χ4v) is 2.86. The number of rotatable bonds is 2. The molecular weight excluding hydrogens is 246 g/mol. The van der Waals surface area contributed by atoms with E-state index in [9.17, 15) is 17.2 Å². The Kier molecular flexibility index (Phi) is 2.93. The van der Waals surface area contributed by atoms with Crippen molar-refractivity contribution in [1.29, 1.82) is 0 Å². The summed E-state index contributed by atoms with van der Waals surface area (Å²) < 4.78 is 50.8. The molecule has 0 heterocycles. The first-order valence-electron chi connectivity index (χ1n) is 4.77. The Hall–Kier alpha value is -1.75. The van der Waals surface area contributed by atoms with E-state index in [1.54, 1.807) is 6.07 Å². The van der Waals surface area contributed by atoms with E-state index in [-0.39, 0.29) is 4.90 Å². The molecular formula is C12H8F2O2S. The van der Waals surface area contributed by atoms with Crippen LogP contribution in [-0.2, 0) is 9.84 Å². The van der Waals surface area contributed by atoms with E-state index in [0.717, 1.165) is 18.2 Å². The fourth-order valence-electron chi connectivity index (χ4n) is 1.46. The summed E-state index contributed by atoms with van der Waals surface area (Å²) in [5, 5.41) is 0. The van der Waals surface area contributed by atoms with Gasteiger partial charge in [0.2, 0.25) is 9.84 Å². The normalized spacial score (nSPS) is 11.4. The molecule has 17 heavy (non-hydrogen) atoms. The highest BCUT2D eigenvalue weighted by Crippen LogP contribution is 2.25. The molecule has 0 aliphatic carbocycles. The Bertz CT molecular complexity index is 617. The van der Waals surface area contributed by atoms with Gasteiger partial charge in [-0.3, -0.25) is 0 Å². The maximum Gasteiger partial charge on any atom is 0.212 e. The molecule has 0 N–H and O–H groups in total. The Labute approximate surface area is 97.4 Å². The Balaban J connectivity index is 2.69. The first-order chi connectivity index (χ1) is 8.03. The van der Waals surface area contributed by atoms with Gasteiger partial charge in [0.05, 0.1) is 4.90 Å². The lowest BCUT2D eigenvalue weighted by atomic mass is 10.3. The molecule has 0 spiro atoms. The van der Waals surface area contributed by atoms with Crippen molar-refractivity contribution < 1.29 is 17.2 Å². The van der Waals surface area contributed by atoms with E-state index in [1.807, 2.05) is 0 Å². The number of benzene rings is 2. The van der Waals surface area contributed by atoms with Crippen LogP contribution < -0.4 is 0 Å². The minimum atomic E-state index is -4.15. The lowest BCUT2D eigenvalue weighted by Crippen LogP contribution is -2.07. The molecule has 0 aliphatic rings. The lowest BCUT2D eigenvalue weighted by molar-refractivity contribution is 0.519. The molecule has 0 aliphatic heterocycles. The summed E-state index contributed by atoms with van der Waals surface area (Å²) in [5.74, 6) is -2.18. The second kappa shape index (κ2) is 4.25. The minimum Gasteiger partial charge on any atom is -0.218 e. The van der Waals surface area contributed by atoms with Gasteiger partial charge in [-0.15, -0.1) is 0 Å². The fraction of sp³-hybridized carbons (Fsp3) is 0. The maximum atomic E-state index is 13.4. The molecule has 0 saturated carbocycles. The molecule has 0 aromatic heterocycles. The summed E-state index contributed by atoms with van der Waals surface area (Å²) in [5.41, 5.74) is 0. The average molecular weight is 254 g/mol. The van der Waals surface area contributed by atoms with E-state index < -0.39 is 26.4 Å². The molecule has 0 fully saturated rings. The van der Waals surface area contributed by atoms with Gasteiger partial charge in [0.1, 0.15) is 16.5 Å². The van der Waals surface area contributed by atoms with Crippen molar-refractivity contribution in [2.75, 3.05) is 0 Å². The molecule has 2 aromatic carbocycles. The first kappa shape index (κ1) is 11.7. The molecule has 2 aromatic rings. The third-order valence-corrected chi connectivity index (χ3v) is 4.06. The van der Waals surface area contributed by atoms with Gasteiger partial charge in [0.15, 0.2) is 0 Å². The zero-order chi connectivity index (χ0) is 12.5. The van der Waals surface area contributed by atoms with E-state index in [1.165, 1.54) is 24.3 Å². The summed E-state index contributed by atoms with van der Waals surface area (Å²) in [6.45, 7) is 0. The third kappa shape index (κ3) is 2.06. The van der Waals surface area contributed by atoms with Gasteiger partial charge in [-0.25, -0.2) is 17.2 Å². The zero-order valence-electron chi connectivity index (χ0n) is 8.60. The van der Waals surface area contributed by atoms with Crippen LogP contribution in [0.2, 0.25) is 0 Å². The topological polar surface area (TPSA) is 34.1 Å². The van der Waals surface area contributed by atoms with Gasteiger partial charge in [-0.05, 0) is 24.3 Å². The molecule has 88 valence electrons. The van der Waals surface area contributed by atoms with Crippen LogP contribution in [0.15, 0.2) is 58.3 Å². The summed E-state index contributed by atoms with van der Waals surface area (Å²) in [4.78, 5) is -1.05. The van der Waals surface area contributed by atoms with Crippen LogP contribution >= 0.6 is 0 Å². The van der Waals surface area contributed by atoms with E-state index in [4.69, 9.17) is 0 Å². The zero-order valence-corrected chi connectivity index (χ0v) is 9.42. The van der Waals surface area contributed by atoms with Gasteiger partial charge < -0.3 is 0 Å². The highest BCUT2D eigenvalue weighted by molar-refractivity contribution is 7.91. The summed E-state index contributed by atoms with van der Waals surface area (Å²) >= 11 is 0. The van der Waals surface area contributed by atoms with Crippen LogP contribution in [0.4, 0.5) is 8.78 Å². The predicted molar refractivity (Wildman–Crippen MR) is 58.3 cm³/mol. The van der Waals surface area contributed by atoms with Crippen LogP contribution in [0.25, 0.3) is 0 Å². The van der Waals surface area contributed by atoms with Crippen molar-refractivity contribution in [2.24, 2.45) is 0 Å². The summed E-state index contributed by atoms with van der Waals surface area (Å²) in [6, 6.07) is 10.1. The Morgan fingerprint density at radius 3 is 1.82 bits per heavy atom. The molecule has 0 unspecified atom stereocenters. The van der Waals surface area contributed by atoms with Gasteiger partial charge in [-0.1, -0.05) is 24.3 Å². The summed E-state index contributed by atoms with van der Waals surface area (Å²) in [6.07, 6.45) is 0. The van der Waals surface area contributed by atoms with Crippen molar-refractivity contribution in [2.45, 2.75) is 9.79 Å². The number of sulfone groups is 1. The van der Waals surface area contributed by atoms with Gasteiger partial charge >= 0.3 is 0 Å². The van der Waals surface area contributed by atoms with Crippen LogP contribution in [-0.4, -0.2) is 8.42 Å². The molecule has 2 nitrogen and oxygen atoms in total. The molecule has 0 amide bonds. The van der Waals surface area contributed by atoms with Crippen molar-refractivity contribution >= 4 is 9.84 Å². The van der Waals surface area contributed by atoms with Crippen LogP contribution in [0.3, 0.4) is 0 Å². The Morgan fingerprint density at radius 1 is 0.765 bits per heavy atom. The Morgan fingerprint density at radius 2 is 1.29 bits per heavy atom. The highest BCUT2D eigenvalue weighted by atomic mass is 32.2. The first-order valence-corrected chi connectivity index (χ1v) is 6.26. The second-order valence-electron chi connectivity index (χ2n) is 3.37. The quantitative estimate of drug-likeness (QED) is 0.825. The predicted octanol–water partition coefficient (Wildman–Crippen LogP) is 2.80. The molecule has 0 atom stereocenters. The third-order valence-electron chi connectivity index (χ3n) is 2.24. The molecule has 0 radical (unpaired) electrons. The maximum absolute atomic E-state index is 13.4. The largest absolute Gasteiger partial charge is 0.218 e. The second-order valence-corrected chi connectivity index (χ2v) is 5.25. The lowest BCUT2D eigenvalue weighted by Gasteiger charge is -2.06. The molecule has 2 rings (SSSR count). The van der Waals surface area contributed by atoms with Crippen molar-refractivity contribution in [3.8, 4) is 0 Å². The molecule has 0 bridgehead atoms. The monoisotopic (exact) mass is 254 g/mol. The SMILES string of the molecule is O=S(=O)(c1ccccc1)c1c(F)cccc1F. The highest BCUT2D eigenvalue weighted by Gasteiger charge is 2.25. The average Bonchev–Trinajstić information content (AvgIpc) is 2.29. The number of halogens is 2. The smallest absolute Gasteiger partial charge is 0.212 e. The van der Waals surface area contributed by atoms with Crippen LogP contribution in [0, 0.1) is 11.6 Å². The standard InChI is InChI=1S/C12H8F2O2S/c13-10-7-4-8-11(14)12(10)17(15,16)9-5-2-1-3-6-9/h1-8H. The van der Waals surface area contributed by atoms with E-state index >= 15 is 0 Å². The number of hydrogen-bond acceptors (Lipinski definition) is 2. The van der Waals surface area contributed by atoms with Crippen molar-refractivity contribution in [3.05, 3.63) is 60.2 Å².